The first-order chi connectivity index (χ1) is 5.88. The van der Waals surface area contributed by atoms with E-state index in [1.54, 1.807) is 18.5 Å². The molecule has 0 bridgehead atoms. The zero-order chi connectivity index (χ0) is 8.81. The SMILES string of the molecule is N#CCc1ccncc1CC#N. The van der Waals surface area contributed by atoms with Crippen molar-refractivity contribution in [1.29, 1.82) is 10.5 Å². The topological polar surface area (TPSA) is 60.5 Å². The summed E-state index contributed by atoms with van der Waals surface area (Å²) in [6.07, 6.45) is 3.94. The number of hydrogen-bond acceptors (Lipinski definition) is 3. The number of aromatic nitrogens is 1. The molecule has 0 saturated carbocycles. The highest BCUT2D eigenvalue weighted by Crippen LogP contribution is 2.07. The highest BCUT2D eigenvalue weighted by Gasteiger charge is 1.99. The molecule has 0 unspecified atom stereocenters. The lowest BCUT2D eigenvalue weighted by Crippen LogP contribution is -1.92. The van der Waals surface area contributed by atoms with E-state index in [-0.39, 0.29) is 0 Å². The zero-order valence-corrected chi connectivity index (χ0v) is 6.49. The smallest absolute Gasteiger partial charge is 0.0670 e. The van der Waals surface area contributed by atoms with Crippen LogP contribution in [0, 0.1) is 22.7 Å². The first kappa shape index (κ1) is 8.23. The Morgan fingerprint density at radius 2 is 1.83 bits per heavy atom. The molecule has 0 aliphatic carbocycles. The van der Waals surface area contributed by atoms with Gasteiger partial charge in [-0.2, -0.15) is 10.5 Å². The molecule has 0 amide bonds. The highest BCUT2D eigenvalue weighted by atomic mass is 14.6. The molecule has 0 saturated heterocycles. The molecular weight excluding hydrogens is 150 g/mol. The summed E-state index contributed by atoms with van der Waals surface area (Å²) in [6, 6.07) is 5.85. The summed E-state index contributed by atoms with van der Waals surface area (Å²) in [4.78, 5) is 3.89. The normalized spacial score (nSPS) is 8.50. The lowest BCUT2D eigenvalue weighted by Gasteiger charge is -1.99. The average Bonchev–Trinajstić information content (AvgIpc) is 2.09. The summed E-state index contributed by atoms with van der Waals surface area (Å²) in [6.45, 7) is 0. The molecule has 0 N–H and O–H groups in total. The van der Waals surface area contributed by atoms with E-state index < -0.39 is 0 Å². The maximum atomic E-state index is 8.46. The quantitative estimate of drug-likeness (QED) is 0.648. The van der Waals surface area contributed by atoms with Crippen molar-refractivity contribution in [2.45, 2.75) is 12.8 Å². The maximum Gasteiger partial charge on any atom is 0.0670 e. The van der Waals surface area contributed by atoms with Gasteiger partial charge in [0.05, 0.1) is 25.0 Å². The van der Waals surface area contributed by atoms with E-state index in [1.807, 2.05) is 12.1 Å². The van der Waals surface area contributed by atoms with Gasteiger partial charge in [-0.3, -0.25) is 4.98 Å². The van der Waals surface area contributed by atoms with Gasteiger partial charge in [-0.15, -0.1) is 0 Å². The molecule has 0 aliphatic heterocycles. The Balaban J connectivity index is 2.95. The molecule has 0 aromatic carbocycles. The van der Waals surface area contributed by atoms with Crippen molar-refractivity contribution in [3.8, 4) is 12.1 Å². The fraction of sp³-hybridized carbons (Fsp3) is 0.222. The van der Waals surface area contributed by atoms with Crippen molar-refractivity contribution in [3.05, 3.63) is 29.6 Å². The number of pyridine rings is 1. The highest BCUT2D eigenvalue weighted by molar-refractivity contribution is 5.28. The fourth-order valence-corrected chi connectivity index (χ4v) is 0.958. The standard InChI is InChI=1S/C9H7N3/c10-4-1-8-3-6-12-7-9(8)2-5-11/h3,6-7H,1-2H2. The van der Waals surface area contributed by atoms with E-state index in [0.717, 1.165) is 11.1 Å². The molecular formula is C9H7N3. The Bertz CT molecular complexity index is 309. The van der Waals surface area contributed by atoms with Gasteiger partial charge < -0.3 is 0 Å². The lowest BCUT2D eigenvalue weighted by molar-refractivity contribution is 1.11. The summed E-state index contributed by atoms with van der Waals surface area (Å²) in [5.74, 6) is 0. The Kier molecular flexibility index (Phi) is 2.81. The van der Waals surface area contributed by atoms with Gasteiger partial charge in [0.25, 0.3) is 0 Å². The largest absolute Gasteiger partial charge is 0.264 e. The maximum absolute atomic E-state index is 8.46. The molecule has 0 radical (unpaired) electrons. The second kappa shape index (κ2) is 4.10. The predicted molar refractivity (Wildman–Crippen MR) is 42.9 cm³/mol. The van der Waals surface area contributed by atoms with Crippen molar-refractivity contribution in [1.82, 2.24) is 4.98 Å². The Hall–Kier alpha value is -1.87. The first-order valence-corrected chi connectivity index (χ1v) is 3.54. The Morgan fingerprint density at radius 1 is 1.17 bits per heavy atom. The van der Waals surface area contributed by atoms with Gasteiger partial charge in [0.2, 0.25) is 0 Å². The van der Waals surface area contributed by atoms with Crippen LogP contribution in [0.1, 0.15) is 11.1 Å². The summed E-state index contributed by atoms with van der Waals surface area (Å²) in [5.41, 5.74) is 1.75. The summed E-state index contributed by atoms with van der Waals surface area (Å²) < 4.78 is 0. The van der Waals surface area contributed by atoms with Crippen LogP contribution in [0.15, 0.2) is 18.5 Å². The summed E-state index contributed by atoms with van der Waals surface area (Å²) >= 11 is 0. The summed E-state index contributed by atoms with van der Waals surface area (Å²) in [5, 5.41) is 16.9. The monoisotopic (exact) mass is 157 g/mol. The second-order valence-electron chi connectivity index (χ2n) is 2.31. The van der Waals surface area contributed by atoms with E-state index in [9.17, 15) is 0 Å². The fourth-order valence-electron chi connectivity index (χ4n) is 0.958. The van der Waals surface area contributed by atoms with Crippen LogP contribution < -0.4 is 0 Å². The number of nitriles is 2. The van der Waals surface area contributed by atoms with Crippen LogP contribution >= 0.6 is 0 Å². The molecule has 1 heterocycles. The van der Waals surface area contributed by atoms with Crippen LogP contribution in [0.5, 0.6) is 0 Å². The minimum atomic E-state index is 0.324. The minimum Gasteiger partial charge on any atom is -0.264 e. The van der Waals surface area contributed by atoms with Crippen molar-refractivity contribution in [2.24, 2.45) is 0 Å². The van der Waals surface area contributed by atoms with Crippen molar-refractivity contribution in [2.75, 3.05) is 0 Å². The van der Waals surface area contributed by atoms with Crippen LogP contribution in [0.3, 0.4) is 0 Å². The average molecular weight is 157 g/mol. The van der Waals surface area contributed by atoms with Gasteiger partial charge >= 0.3 is 0 Å². The molecule has 1 rings (SSSR count). The second-order valence-corrected chi connectivity index (χ2v) is 2.31. The van der Waals surface area contributed by atoms with Crippen molar-refractivity contribution >= 4 is 0 Å². The van der Waals surface area contributed by atoms with E-state index in [2.05, 4.69) is 4.98 Å². The van der Waals surface area contributed by atoms with Gasteiger partial charge in [-0.05, 0) is 17.2 Å². The molecule has 1 aromatic rings. The van der Waals surface area contributed by atoms with Gasteiger partial charge in [0.15, 0.2) is 0 Å². The van der Waals surface area contributed by atoms with Crippen LogP contribution in [0.4, 0.5) is 0 Å². The summed E-state index contributed by atoms with van der Waals surface area (Å²) in [7, 11) is 0. The third kappa shape index (κ3) is 1.81. The van der Waals surface area contributed by atoms with Gasteiger partial charge in [0, 0.05) is 12.4 Å². The molecule has 0 atom stereocenters. The predicted octanol–water partition coefficient (Wildman–Crippen LogP) is 1.21. The molecule has 1 aromatic heterocycles. The number of nitrogens with zero attached hydrogens (tertiary/aromatic N) is 3. The first-order valence-electron chi connectivity index (χ1n) is 3.54. The Labute approximate surface area is 70.9 Å². The van der Waals surface area contributed by atoms with Crippen LogP contribution in [-0.2, 0) is 12.8 Å². The minimum absolute atomic E-state index is 0.324. The molecule has 12 heavy (non-hydrogen) atoms. The van der Waals surface area contributed by atoms with Crippen LogP contribution in [0.2, 0.25) is 0 Å². The van der Waals surface area contributed by atoms with Crippen LogP contribution in [-0.4, -0.2) is 4.98 Å². The Morgan fingerprint density at radius 3 is 2.50 bits per heavy atom. The zero-order valence-electron chi connectivity index (χ0n) is 6.49. The number of rotatable bonds is 2. The molecule has 0 aliphatic rings. The third-order valence-electron chi connectivity index (χ3n) is 1.54. The third-order valence-corrected chi connectivity index (χ3v) is 1.54. The van der Waals surface area contributed by atoms with Crippen molar-refractivity contribution < 1.29 is 0 Å². The van der Waals surface area contributed by atoms with Gasteiger partial charge in [-0.1, -0.05) is 0 Å². The van der Waals surface area contributed by atoms with E-state index in [1.165, 1.54) is 0 Å². The molecule has 3 nitrogen and oxygen atoms in total. The molecule has 3 heteroatoms. The van der Waals surface area contributed by atoms with E-state index in [4.69, 9.17) is 10.5 Å². The molecule has 0 fully saturated rings. The lowest BCUT2D eigenvalue weighted by atomic mass is 10.1. The van der Waals surface area contributed by atoms with E-state index in [0.29, 0.717) is 12.8 Å². The molecule has 0 spiro atoms. The van der Waals surface area contributed by atoms with Crippen molar-refractivity contribution in [3.63, 3.8) is 0 Å². The van der Waals surface area contributed by atoms with Gasteiger partial charge in [-0.25, -0.2) is 0 Å². The number of hydrogen-bond donors (Lipinski definition) is 0. The van der Waals surface area contributed by atoms with E-state index >= 15 is 0 Å². The van der Waals surface area contributed by atoms with Crippen LogP contribution in [0.25, 0.3) is 0 Å². The van der Waals surface area contributed by atoms with Gasteiger partial charge in [0.1, 0.15) is 0 Å². The molecule has 58 valence electrons.